The highest BCUT2D eigenvalue weighted by molar-refractivity contribution is 5.74. The Labute approximate surface area is 66.7 Å². The van der Waals surface area contributed by atoms with Gasteiger partial charge < -0.3 is 9.84 Å². The van der Waals surface area contributed by atoms with E-state index in [0.29, 0.717) is 6.61 Å². The van der Waals surface area contributed by atoms with Gasteiger partial charge in [0.05, 0.1) is 12.7 Å². The molecule has 11 heavy (non-hydrogen) atoms. The lowest BCUT2D eigenvalue weighted by atomic mass is 10.1. The minimum atomic E-state index is -0.730. The van der Waals surface area contributed by atoms with E-state index in [9.17, 15) is 4.79 Å². The quantitative estimate of drug-likeness (QED) is 0.484. The van der Waals surface area contributed by atoms with Gasteiger partial charge in [-0.2, -0.15) is 0 Å². The predicted octanol–water partition coefficient (Wildman–Crippen LogP) is 0.732. The van der Waals surface area contributed by atoms with Gasteiger partial charge in [-0.25, -0.2) is 0 Å². The molecule has 0 aromatic heterocycles. The van der Waals surface area contributed by atoms with Gasteiger partial charge in [0, 0.05) is 0 Å². The first-order valence-corrected chi connectivity index (χ1v) is 3.60. The van der Waals surface area contributed by atoms with E-state index in [1.807, 2.05) is 0 Å². The van der Waals surface area contributed by atoms with Crippen molar-refractivity contribution in [3.8, 4) is 0 Å². The van der Waals surface area contributed by atoms with Crippen LogP contribution in [0.3, 0.4) is 0 Å². The molecule has 0 fully saturated rings. The molecule has 0 aliphatic carbocycles. The summed E-state index contributed by atoms with van der Waals surface area (Å²) in [5.74, 6) is -1.02. The summed E-state index contributed by atoms with van der Waals surface area (Å²) in [7, 11) is 0. The third kappa shape index (κ3) is 3.18. The number of aliphatic hydroxyl groups excluding tert-OH is 1. The molecule has 2 atom stereocenters. The number of carbonyl (C=O) groups is 1. The van der Waals surface area contributed by atoms with E-state index in [4.69, 9.17) is 5.11 Å². The van der Waals surface area contributed by atoms with Crippen molar-refractivity contribution in [3.05, 3.63) is 12.7 Å². The maximum absolute atomic E-state index is 11.0. The fraction of sp³-hybridized carbons (Fsp3) is 0.625. The SMILES string of the molecule is C=CC(C(=O)OCC)C(C)O. The Morgan fingerprint density at radius 3 is 2.64 bits per heavy atom. The van der Waals surface area contributed by atoms with Crippen LogP contribution in [0.25, 0.3) is 0 Å². The van der Waals surface area contributed by atoms with Gasteiger partial charge in [-0.05, 0) is 13.8 Å². The highest BCUT2D eigenvalue weighted by Gasteiger charge is 2.20. The van der Waals surface area contributed by atoms with Gasteiger partial charge >= 0.3 is 5.97 Å². The third-order valence-electron chi connectivity index (χ3n) is 1.33. The number of esters is 1. The van der Waals surface area contributed by atoms with Gasteiger partial charge in [-0.1, -0.05) is 6.08 Å². The van der Waals surface area contributed by atoms with Crippen LogP contribution in [-0.4, -0.2) is 23.8 Å². The lowest BCUT2D eigenvalue weighted by Gasteiger charge is -2.13. The molecule has 0 rings (SSSR count). The van der Waals surface area contributed by atoms with Gasteiger partial charge in [0.15, 0.2) is 0 Å². The number of hydrogen-bond donors (Lipinski definition) is 1. The summed E-state index contributed by atoms with van der Waals surface area (Å²) in [6, 6.07) is 0. The molecule has 0 aromatic carbocycles. The molecular formula is C8H14O3. The largest absolute Gasteiger partial charge is 0.465 e. The van der Waals surface area contributed by atoms with Gasteiger partial charge in [0.25, 0.3) is 0 Å². The monoisotopic (exact) mass is 158 g/mol. The Bertz CT molecular complexity index is 140. The van der Waals surface area contributed by atoms with Crippen molar-refractivity contribution in [3.63, 3.8) is 0 Å². The second-order valence-electron chi connectivity index (χ2n) is 2.25. The van der Waals surface area contributed by atoms with Crippen LogP contribution in [0.1, 0.15) is 13.8 Å². The van der Waals surface area contributed by atoms with Crippen LogP contribution in [-0.2, 0) is 9.53 Å². The van der Waals surface area contributed by atoms with E-state index in [1.165, 1.54) is 13.0 Å². The van der Waals surface area contributed by atoms with Crippen LogP contribution in [0, 0.1) is 5.92 Å². The molecule has 0 aliphatic rings. The Kier molecular flexibility index (Phi) is 4.54. The smallest absolute Gasteiger partial charge is 0.315 e. The van der Waals surface area contributed by atoms with E-state index >= 15 is 0 Å². The van der Waals surface area contributed by atoms with Crippen molar-refractivity contribution >= 4 is 5.97 Å². The van der Waals surface area contributed by atoms with E-state index in [2.05, 4.69) is 11.3 Å². The molecule has 0 amide bonds. The number of ether oxygens (including phenoxy) is 1. The molecule has 2 unspecified atom stereocenters. The molecule has 0 bridgehead atoms. The molecule has 0 heterocycles. The fourth-order valence-corrected chi connectivity index (χ4v) is 0.729. The van der Waals surface area contributed by atoms with Gasteiger partial charge in [0.1, 0.15) is 5.92 Å². The first-order chi connectivity index (χ1) is 5.13. The maximum Gasteiger partial charge on any atom is 0.315 e. The molecule has 1 N–H and O–H groups in total. The zero-order chi connectivity index (χ0) is 8.85. The molecule has 0 radical (unpaired) electrons. The number of hydrogen-bond acceptors (Lipinski definition) is 3. The van der Waals surface area contributed by atoms with E-state index in [-0.39, 0.29) is 0 Å². The van der Waals surface area contributed by atoms with Crippen LogP contribution in [0.5, 0.6) is 0 Å². The molecule has 3 heteroatoms. The van der Waals surface area contributed by atoms with Crippen molar-refractivity contribution in [1.82, 2.24) is 0 Å². The van der Waals surface area contributed by atoms with Crippen molar-refractivity contribution < 1.29 is 14.6 Å². The molecule has 0 aliphatic heterocycles. The van der Waals surface area contributed by atoms with Crippen molar-refractivity contribution in [2.24, 2.45) is 5.92 Å². The first kappa shape index (κ1) is 10.2. The van der Waals surface area contributed by atoms with Gasteiger partial charge in [0.2, 0.25) is 0 Å². The molecule has 0 saturated carbocycles. The average molecular weight is 158 g/mol. The summed E-state index contributed by atoms with van der Waals surface area (Å²) in [5, 5.41) is 9.04. The highest BCUT2D eigenvalue weighted by atomic mass is 16.5. The summed E-state index contributed by atoms with van der Waals surface area (Å²) in [4.78, 5) is 11.0. The third-order valence-corrected chi connectivity index (χ3v) is 1.33. The summed E-state index contributed by atoms with van der Waals surface area (Å²) in [6.45, 7) is 7.01. The minimum Gasteiger partial charge on any atom is -0.465 e. The summed E-state index contributed by atoms with van der Waals surface area (Å²) in [5.41, 5.74) is 0. The molecule has 0 saturated heterocycles. The Hall–Kier alpha value is -0.830. The molecule has 64 valence electrons. The second-order valence-corrected chi connectivity index (χ2v) is 2.25. The average Bonchev–Trinajstić information content (AvgIpc) is 1.88. The van der Waals surface area contributed by atoms with Crippen LogP contribution in [0.15, 0.2) is 12.7 Å². The van der Waals surface area contributed by atoms with E-state index < -0.39 is 18.0 Å². The van der Waals surface area contributed by atoms with Crippen LogP contribution >= 0.6 is 0 Å². The number of aliphatic hydroxyl groups is 1. The fourth-order valence-electron chi connectivity index (χ4n) is 0.729. The van der Waals surface area contributed by atoms with E-state index in [1.54, 1.807) is 6.92 Å². The Morgan fingerprint density at radius 2 is 2.36 bits per heavy atom. The molecule has 0 aromatic rings. The number of rotatable bonds is 4. The lowest BCUT2D eigenvalue weighted by Crippen LogP contribution is -2.25. The second kappa shape index (κ2) is 4.91. The van der Waals surface area contributed by atoms with Gasteiger partial charge in [-0.3, -0.25) is 4.79 Å². The topological polar surface area (TPSA) is 46.5 Å². The molecular weight excluding hydrogens is 144 g/mol. The zero-order valence-electron chi connectivity index (χ0n) is 6.91. The molecule has 3 nitrogen and oxygen atoms in total. The Balaban J connectivity index is 4.03. The standard InChI is InChI=1S/C8H14O3/c1-4-7(6(3)9)8(10)11-5-2/h4,6-7,9H,1,5H2,2-3H3. The maximum atomic E-state index is 11.0. The minimum absolute atomic E-state index is 0.329. The summed E-state index contributed by atoms with van der Waals surface area (Å²) < 4.78 is 4.69. The van der Waals surface area contributed by atoms with Crippen molar-refractivity contribution in [2.45, 2.75) is 20.0 Å². The van der Waals surface area contributed by atoms with Crippen molar-refractivity contribution in [2.75, 3.05) is 6.61 Å². The predicted molar refractivity (Wildman–Crippen MR) is 42.0 cm³/mol. The summed E-state index contributed by atoms with van der Waals surface area (Å²) in [6.07, 6.45) is 0.661. The van der Waals surface area contributed by atoms with Gasteiger partial charge in [-0.15, -0.1) is 6.58 Å². The van der Waals surface area contributed by atoms with Crippen LogP contribution < -0.4 is 0 Å². The van der Waals surface area contributed by atoms with E-state index in [0.717, 1.165) is 0 Å². The van der Waals surface area contributed by atoms with Crippen LogP contribution in [0.4, 0.5) is 0 Å². The Morgan fingerprint density at radius 1 is 1.82 bits per heavy atom. The molecule has 0 spiro atoms. The number of carbonyl (C=O) groups excluding carboxylic acids is 1. The van der Waals surface area contributed by atoms with Crippen molar-refractivity contribution in [1.29, 1.82) is 0 Å². The van der Waals surface area contributed by atoms with Crippen LogP contribution in [0.2, 0.25) is 0 Å². The zero-order valence-corrected chi connectivity index (χ0v) is 6.91. The highest BCUT2D eigenvalue weighted by Crippen LogP contribution is 2.06. The normalized spacial score (nSPS) is 15.2. The first-order valence-electron chi connectivity index (χ1n) is 3.60. The lowest BCUT2D eigenvalue weighted by molar-refractivity contribution is -0.149. The summed E-state index contributed by atoms with van der Waals surface area (Å²) >= 11 is 0.